The van der Waals surface area contributed by atoms with E-state index in [4.69, 9.17) is 23.2 Å². The molecule has 1 atom stereocenters. The zero-order valence-corrected chi connectivity index (χ0v) is 25.7. The number of sulfonamides is 1. The van der Waals surface area contributed by atoms with E-state index in [0.29, 0.717) is 27.8 Å². The summed E-state index contributed by atoms with van der Waals surface area (Å²) in [4.78, 5) is 28.3. The number of halogens is 3. The Morgan fingerprint density at radius 2 is 1.49 bits per heavy atom. The Balaban J connectivity index is 2.03. The molecule has 208 valence electrons. The third kappa shape index (κ3) is 7.97. The minimum atomic E-state index is -4.13. The van der Waals surface area contributed by atoms with E-state index in [1.165, 1.54) is 17.0 Å². The van der Waals surface area contributed by atoms with Crippen LogP contribution in [0, 0.1) is 5.92 Å². The molecule has 0 aliphatic heterocycles. The van der Waals surface area contributed by atoms with Crippen molar-refractivity contribution in [3.8, 4) is 0 Å². The van der Waals surface area contributed by atoms with Crippen LogP contribution in [0.1, 0.15) is 26.3 Å². The van der Waals surface area contributed by atoms with Gasteiger partial charge in [-0.3, -0.25) is 13.9 Å². The second kappa shape index (κ2) is 13.7. The number of amides is 2. The summed E-state index contributed by atoms with van der Waals surface area (Å²) in [6.07, 6.45) is 0. The fourth-order valence-corrected chi connectivity index (χ4v) is 5.96. The van der Waals surface area contributed by atoms with Gasteiger partial charge >= 0.3 is 0 Å². The summed E-state index contributed by atoms with van der Waals surface area (Å²) in [6.45, 7) is 5.29. The van der Waals surface area contributed by atoms with E-state index in [1.807, 2.05) is 13.8 Å². The minimum Gasteiger partial charge on any atom is -0.354 e. The van der Waals surface area contributed by atoms with Crippen molar-refractivity contribution < 1.29 is 18.0 Å². The van der Waals surface area contributed by atoms with Crippen molar-refractivity contribution >= 4 is 66.7 Å². The van der Waals surface area contributed by atoms with Crippen LogP contribution in [0.25, 0.3) is 0 Å². The Labute approximate surface area is 248 Å². The maximum atomic E-state index is 13.9. The second-order valence-corrected chi connectivity index (χ2v) is 12.9. The summed E-state index contributed by atoms with van der Waals surface area (Å²) < 4.78 is 29.3. The van der Waals surface area contributed by atoms with Gasteiger partial charge in [0.05, 0.1) is 10.6 Å². The van der Waals surface area contributed by atoms with E-state index < -0.39 is 28.5 Å². The fourth-order valence-electron chi connectivity index (χ4n) is 3.74. The molecular formula is C28H30BrCl2N3O4S. The molecule has 0 aliphatic rings. The highest BCUT2D eigenvalue weighted by molar-refractivity contribution is 9.10. The second-order valence-electron chi connectivity index (χ2n) is 9.34. The molecule has 11 heteroatoms. The van der Waals surface area contributed by atoms with Gasteiger partial charge in [0.2, 0.25) is 11.8 Å². The van der Waals surface area contributed by atoms with E-state index in [-0.39, 0.29) is 23.3 Å². The molecule has 0 spiro atoms. The number of rotatable bonds is 11. The SMILES string of the molecule is CC(C)CNC(=O)[C@H](C)N(Cc1c(Cl)cccc1Cl)C(=O)CN(c1ccc(Br)cc1)S(=O)(=O)c1ccccc1. The van der Waals surface area contributed by atoms with Crippen molar-refractivity contribution in [3.05, 3.63) is 92.9 Å². The van der Waals surface area contributed by atoms with Gasteiger partial charge in [0.15, 0.2) is 0 Å². The minimum absolute atomic E-state index is 0.0316. The monoisotopic (exact) mass is 653 g/mol. The van der Waals surface area contributed by atoms with Gasteiger partial charge < -0.3 is 10.2 Å². The molecule has 3 rings (SSSR count). The van der Waals surface area contributed by atoms with Crippen LogP contribution in [-0.2, 0) is 26.2 Å². The van der Waals surface area contributed by atoms with Crippen LogP contribution in [0.5, 0.6) is 0 Å². The molecule has 0 saturated heterocycles. The largest absolute Gasteiger partial charge is 0.354 e. The van der Waals surface area contributed by atoms with Crippen LogP contribution in [0.3, 0.4) is 0 Å². The molecule has 3 aromatic carbocycles. The highest BCUT2D eigenvalue weighted by Gasteiger charge is 2.33. The summed E-state index contributed by atoms with van der Waals surface area (Å²) in [5, 5.41) is 3.50. The van der Waals surface area contributed by atoms with Crippen LogP contribution in [0.2, 0.25) is 10.0 Å². The molecule has 7 nitrogen and oxygen atoms in total. The standard InChI is InChI=1S/C28H30BrCl2N3O4S/c1-19(2)16-32-28(36)20(3)33(17-24-25(30)10-7-11-26(24)31)27(35)18-34(22-14-12-21(29)13-15-22)39(37,38)23-8-5-4-6-9-23/h4-15,19-20H,16-18H2,1-3H3,(H,32,36)/t20-/m0/s1. The van der Waals surface area contributed by atoms with E-state index >= 15 is 0 Å². The molecule has 0 bridgehead atoms. The topological polar surface area (TPSA) is 86.8 Å². The summed E-state index contributed by atoms with van der Waals surface area (Å²) in [6, 6.07) is 18.5. The molecule has 3 aromatic rings. The van der Waals surface area contributed by atoms with Gasteiger partial charge in [-0.05, 0) is 61.4 Å². The highest BCUT2D eigenvalue weighted by atomic mass is 79.9. The molecule has 0 radical (unpaired) electrons. The van der Waals surface area contributed by atoms with Gasteiger partial charge in [-0.1, -0.05) is 77.2 Å². The summed E-state index contributed by atoms with van der Waals surface area (Å²) >= 11 is 16.2. The van der Waals surface area contributed by atoms with Crippen LogP contribution in [0.15, 0.2) is 82.2 Å². The van der Waals surface area contributed by atoms with Crippen molar-refractivity contribution in [2.24, 2.45) is 5.92 Å². The van der Waals surface area contributed by atoms with Crippen molar-refractivity contribution in [2.75, 3.05) is 17.4 Å². The quantitative estimate of drug-likeness (QED) is 0.269. The Bertz CT molecular complexity index is 1380. The maximum absolute atomic E-state index is 13.9. The Morgan fingerprint density at radius 1 is 0.897 bits per heavy atom. The van der Waals surface area contributed by atoms with E-state index in [2.05, 4.69) is 21.2 Å². The molecule has 0 fully saturated rings. The molecule has 0 aliphatic carbocycles. The van der Waals surface area contributed by atoms with Crippen LogP contribution in [-0.4, -0.2) is 44.3 Å². The zero-order valence-electron chi connectivity index (χ0n) is 21.8. The molecule has 0 heterocycles. The molecule has 0 saturated carbocycles. The van der Waals surface area contributed by atoms with E-state index in [0.717, 1.165) is 8.78 Å². The zero-order chi connectivity index (χ0) is 28.7. The lowest BCUT2D eigenvalue weighted by Crippen LogP contribution is -2.51. The number of hydrogen-bond donors (Lipinski definition) is 1. The summed E-state index contributed by atoms with van der Waals surface area (Å²) in [5.74, 6) is -0.769. The van der Waals surface area contributed by atoms with Crippen molar-refractivity contribution in [3.63, 3.8) is 0 Å². The first kappa shape index (κ1) is 30.9. The van der Waals surface area contributed by atoms with Gasteiger partial charge in [0.1, 0.15) is 12.6 Å². The van der Waals surface area contributed by atoms with Crippen molar-refractivity contribution in [1.82, 2.24) is 10.2 Å². The predicted molar refractivity (Wildman–Crippen MR) is 159 cm³/mol. The third-order valence-electron chi connectivity index (χ3n) is 5.97. The molecule has 39 heavy (non-hydrogen) atoms. The number of carbonyl (C=O) groups excluding carboxylic acids is 2. The number of benzene rings is 3. The first-order chi connectivity index (χ1) is 18.4. The molecule has 1 N–H and O–H groups in total. The lowest BCUT2D eigenvalue weighted by atomic mass is 10.1. The van der Waals surface area contributed by atoms with Crippen LogP contribution in [0.4, 0.5) is 5.69 Å². The normalized spacial score (nSPS) is 12.2. The Kier molecular flexibility index (Phi) is 10.8. The Morgan fingerprint density at radius 3 is 2.05 bits per heavy atom. The Hall–Kier alpha value is -2.59. The number of carbonyl (C=O) groups is 2. The molecule has 0 unspecified atom stereocenters. The first-order valence-electron chi connectivity index (χ1n) is 12.2. The third-order valence-corrected chi connectivity index (χ3v) is 8.99. The van der Waals surface area contributed by atoms with E-state index in [9.17, 15) is 18.0 Å². The molecule has 0 aromatic heterocycles. The maximum Gasteiger partial charge on any atom is 0.264 e. The van der Waals surface area contributed by atoms with Crippen LogP contribution >= 0.6 is 39.1 Å². The predicted octanol–water partition coefficient (Wildman–Crippen LogP) is 6.14. The van der Waals surface area contributed by atoms with Crippen molar-refractivity contribution in [1.29, 1.82) is 0 Å². The number of anilines is 1. The smallest absolute Gasteiger partial charge is 0.264 e. The molecular weight excluding hydrogens is 625 g/mol. The van der Waals surface area contributed by atoms with Crippen LogP contribution < -0.4 is 9.62 Å². The fraction of sp³-hybridized carbons (Fsp3) is 0.286. The number of hydrogen-bond acceptors (Lipinski definition) is 4. The van der Waals surface area contributed by atoms with Crippen molar-refractivity contribution in [2.45, 2.75) is 38.3 Å². The lowest BCUT2D eigenvalue weighted by molar-refractivity contribution is -0.139. The first-order valence-corrected chi connectivity index (χ1v) is 15.2. The summed E-state index contributed by atoms with van der Waals surface area (Å²) in [5.41, 5.74) is 0.752. The summed E-state index contributed by atoms with van der Waals surface area (Å²) in [7, 11) is -4.13. The van der Waals surface area contributed by atoms with Gasteiger partial charge in [-0.15, -0.1) is 0 Å². The average molecular weight is 655 g/mol. The van der Waals surface area contributed by atoms with Gasteiger partial charge in [-0.25, -0.2) is 8.42 Å². The van der Waals surface area contributed by atoms with Gasteiger partial charge in [-0.2, -0.15) is 0 Å². The number of nitrogens with one attached hydrogen (secondary N) is 1. The van der Waals surface area contributed by atoms with Gasteiger partial charge in [0, 0.05) is 33.2 Å². The van der Waals surface area contributed by atoms with Gasteiger partial charge in [0.25, 0.3) is 10.0 Å². The number of nitrogens with zero attached hydrogens (tertiary/aromatic N) is 2. The van der Waals surface area contributed by atoms with E-state index in [1.54, 1.807) is 67.6 Å². The molecule has 2 amide bonds. The average Bonchev–Trinajstić information content (AvgIpc) is 2.90. The highest BCUT2D eigenvalue weighted by Crippen LogP contribution is 2.29. The lowest BCUT2D eigenvalue weighted by Gasteiger charge is -2.32.